The lowest BCUT2D eigenvalue weighted by molar-refractivity contribution is 0.0945. The van der Waals surface area contributed by atoms with Gasteiger partial charge in [0.1, 0.15) is 0 Å². The Morgan fingerprint density at radius 3 is 2.87 bits per heavy atom. The predicted molar refractivity (Wildman–Crippen MR) is 60.4 cm³/mol. The Balaban J connectivity index is 2.90. The van der Waals surface area contributed by atoms with Crippen LogP contribution in [-0.2, 0) is 0 Å². The number of aliphatic hydroxyl groups is 1. The van der Waals surface area contributed by atoms with Gasteiger partial charge in [0.15, 0.2) is 0 Å². The number of hydrogen-bond donors (Lipinski definition) is 3. The molecule has 0 radical (unpaired) electrons. The molecule has 4 nitrogen and oxygen atoms in total. The molecule has 1 amide bonds. The van der Waals surface area contributed by atoms with Gasteiger partial charge in [-0.15, -0.1) is 0 Å². The quantitative estimate of drug-likeness (QED) is 0.724. The topological polar surface area (TPSA) is 61.4 Å². The third-order valence-corrected chi connectivity index (χ3v) is 2.13. The van der Waals surface area contributed by atoms with E-state index in [-0.39, 0.29) is 19.1 Å². The molecule has 0 saturated carbocycles. The molecule has 0 aromatic heterocycles. The summed E-state index contributed by atoms with van der Waals surface area (Å²) >= 11 is 5.79. The largest absolute Gasteiger partial charge is 0.395 e. The highest BCUT2D eigenvalue weighted by atomic mass is 35.5. The Bertz CT molecular complexity index is 355. The first-order valence-electron chi connectivity index (χ1n) is 4.55. The molecule has 0 heterocycles. The van der Waals surface area contributed by atoms with E-state index in [0.717, 1.165) is 0 Å². The van der Waals surface area contributed by atoms with Crippen molar-refractivity contribution in [2.45, 2.75) is 0 Å². The van der Waals surface area contributed by atoms with Crippen molar-refractivity contribution < 1.29 is 9.90 Å². The highest BCUT2D eigenvalue weighted by molar-refractivity contribution is 6.31. The van der Waals surface area contributed by atoms with E-state index >= 15 is 0 Å². The number of anilines is 1. The van der Waals surface area contributed by atoms with Crippen LogP contribution in [0.4, 0.5) is 5.69 Å². The van der Waals surface area contributed by atoms with Crippen LogP contribution in [0.2, 0.25) is 5.02 Å². The van der Waals surface area contributed by atoms with Gasteiger partial charge < -0.3 is 15.7 Å². The SMILES string of the molecule is CNc1ccc(Cl)cc1C(=O)NCCO. The van der Waals surface area contributed by atoms with Crippen LogP contribution in [0.1, 0.15) is 10.4 Å². The number of carbonyl (C=O) groups excluding carboxylic acids is 1. The van der Waals surface area contributed by atoms with Crippen molar-refractivity contribution in [2.24, 2.45) is 0 Å². The van der Waals surface area contributed by atoms with E-state index in [1.807, 2.05) is 0 Å². The Morgan fingerprint density at radius 2 is 2.27 bits per heavy atom. The van der Waals surface area contributed by atoms with E-state index in [2.05, 4.69) is 10.6 Å². The molecule has 15 heavy (non-hydrogen) atoms. The van der Waals surface area contributed by atoms with Gasteiger partial charge in [0.05, 0.1) is 12.2 Å². The van der Waals surface area contributed by atoms with Gasteiger partial charge in [0.2, 0.25) is 0 Å². The highest BCUT2D eigenvalue weighted by Gasteiger charge is 2.10. The first-order valence-corrected chi connectivity index (χ1v) is 4.93. The van der Waals surface area contributed by atoms with Crippen LogP contribution in [0.25, 0.3) is 0 Å². The molecule has 82 valence electrons. The number of carbonyl (C=O) groups is 1. The number of aliphatic hydroxyl groups excluding tert-OH is 1. The van der Waals surface area contributed by atoms with Crippen molar-refractivity contribution >= 4 is 23.2 Å². The normalized spacial score (nSPS) is 9.80. The van der Waals surface area contributed by atoms with Crippen molar-refractivity contribution in [1.29, 1.82) is 0 Å². The standard InChI is InChI=1S/C10H13ClN2O2/c1-12-9-3-2-7(11)6-8(9)10(15)13-4-5-14/h2-3,6,12,14H,4-5H2,1H3,(H,13,15). The van der Waals surface area contributed by atoms with Crippen molar-refractivity contribution in [2.75, 3.05) is 25.5 Å². The average Bonchev–Trinajstić information content (AvgIpc) is 2.25. The maximum Gasteiger partial charge on any atom is 0.253 e. The zero-order chi connectivity index (χ0) is 11.3. The Hall–Kier alpha value is -1.26. The maximum atomic E-state index is 11.6. The smallest absolute Gasteiger partial charge is 0.253 e. The Labute approximate surface area is 93.2 Å². The van der Waals surface area contributed by atoms with Crippen LogP contribution < -0.4 is 10.6 Å². The Morgan fingerprint density at radius 1 is 1.53 bits per heavy atom. The maximum absolute atomic E-state index is 11.6. The molecule has 0 aliphatic heterocycles. The summed E-state index contributed by atoms with van der Waals surface area (Å²) in [5.74, 6) is -0.254. The zero-order valence-corrected chi connectivity index (χ0v) is 9.14. The van der Waals surface area contributed by atoms with Crippen LogP contribution in [0, 0.1) is 0 Å². The third kappa shape index (κ3) is 3.11. The van der Waals surface area contributed by atoms with Gasteiger partial charge in [-0.05, 0) is 18.2 Å². The van der Waals surface area contributed by atoms with Crippen LogP contribution in [0.3, 0.4) is 0 Å². The van der Waals surface area contributed by atoms with Crippen LogP contribution >= 0.6 is 11.6 Å². The van der Waals surface area contributed by atoms with E-state index in [1.54, 1.807) is 25.2 Å². The van der Waals surface area contributed by atoms with Crippen molar-refractivity contribution in [3.05, 3.63) is 28.8 Å². The summed E-state index contributed by atoms with van der Waals surface area (Å²) < 4.78 is 0. The summed E-state index contributed by atoms with van der Waals surface area (Å²) in [5.41, 5.74) is 1.17. The van der Waals surface area contributed by atoms with Crippen LogP contribution in [0.5, 0.6) is 0 Å². The lowest BCUT2D eigenvalue weighted by Gasteiger charge is -2.09. The van der Waals surface area contributed by atoms with Crippen LogP contribution in [-0.4, -0.2) is 31.2 Å². The molecule has 1 aromatic rings. The van der Waals surface area contributed by atoms with Gasteiger partial charge >= 0.3 is 0 Å². The molecule has 1 aromatic carbocycles. The van der Waals surface area contributed by atoms with Gasteiger partial charge in [-0.2, -0.15) is 0 Å². The van der Waals surface area contributed by atoms with Crippen LogP contribution in [0.15, 0.2) is 18.2 Å². The lowest BCUT2D eigenvalue weighted by Crippen LogP contribution is -2.27. The van der Waals surface area contributed by atoms with Gasteiger partial charge in [-0.1, -0.05) is 11.6 Å². The molecule has 0 saturated heterocycles. The molecule has 0 unspecified atom stereocenters. The average molecular weight is 229 g/mol. The molecule has 0 aliphatic rings. The molecule has 0 bridgehead atoms. The minimum atomic E-state index is -0.254. The minimum absolute atomic E-state index is 0.0822. The monoisotopic (exact) mass is 228 g/mol. The fourth-order valence-corrected chi connectivity index (χ4v) is 1.36. The first kappa shape index (κ1) is 11.8. The van der Waals surface area contributed by atoms with Crippen molar-refractivity contribution in [1.82, 2.24) is 5.32 Å². The zero-order valence-electron chi connectivity index (χ0n) is 8.38. The number of nitrogens with one attached hydrogen (secondary N) is 2. The highest BCUT2D eigenvalue weighted by Crippen LogP contribution is 2.19. The lowest BCUT2D eigenvalue weighted by atomic mass is 10.1. The predicted octanol–water partition coefficient (Wildman–Crippen LogP) is 1.10. The number of benzene rings is 1. The molecule has 0 atom stereocenters. The molecular weight excluding hydrogens is 216 g/mol. The van der Waals surface area contributed by atoms with Crippen molar-refractivity contribution in [3.63, 3.8) is 0 Å². The summed E-state index contributed by atoms with van der Waals surface area (Å²) in [4.78, 5) is 11.6. The van der Waals surface area contributed by atoms with E-state index in [1.165, 1.54) is 0 Å². The minimum Gasteiger partial charge on any atom is -0.395 e. The molecule has 1 rings (SSSR count). The summed E-state index contributed by atoms with van der Waals surface area (Å²) in [6.45, 7) is 0.149. The van der Waals surface area contributed by atoms with Gasteiger partial charge in [-0.25, -0.2) is 0 Å². The van der Waals surface area contributed by atoms with Gasteiger partial charge in [0.25, 0.3) is 5.91 Å². The van der Waals surface area contributed by atoms with E-state index in [0.29, 0.717) is 16.3 Å². The molecule has 5 heteroatoms. The summed E-state index contributed by atoms with van der Waals surface area (Å²) in [6, 6.07) is 5.02. The number of hydrogen-bond acceptors (Lipinski definition) is 3. The van der Waals surface area contributed by atoms with E-state index in [9.17, 15) is 4.79 Å². The Kier molecular flexibility index (Phi) is 4.39. The molecule has 0 aliphatic carbocycles. The van der Waals surface area contributed by atoms with Crippen molar-refractivity contribution in [3.8, 4) is 0 Å². The third-order valence-electron chi connectivity index (χ3n) is 1.89. The second-order valence-electron chi connectivity index (χ2n) is 2.92. The fourth-order valence-electron chi connectivity index (χ4n) is 1.19. The molecular formula is C10H13ClN2O2. The first-order chi connectivity index (χ1) is 7.19. The second kappa shape index (κ2) is 5.58. The van der Waals surface area contributed by atoms with Gasteiger partial charge in [0, 0.05) is 24.3 Å². The second-order valence-corrected chi connectivity index (χ2v) is 3.36. The van der Waals surface area contributed by atoms with Gasteiger partial charge in [-0.3, -0.25) is 4.79 Å². The summed E-state index contributed by atoms with van der Waals surface area (Å²) in [6.07, 6.45) is 0. The molecule has 0 spiro atoms. The number of rotatable bonds is 4. The molecule has 0 fully saturated rings. The molecule has 3 N–H and O–H groups in total. The van der Waals surface area contributed by atoms with E-state index < -0.39 is 0 Å². The van der Waals surface area contributed by atoms with E-state index in [4.69, 9.17) is 16.7 Å². The number of halogens is 1. The number of amides is 1. The fraction of sp³-hybridized carbons (Fsp3) is 0.300. The summed E-state index contributed by atoms with van der Waals surface area (Å²) in [7, 11) is 1.73. The summed E-state index contributed by atoms with van der Waals surface area (Å²) in [5, 5.41) is 14.6.